The number of aliphatic imine (C=N–C) groups is 1. The van der Waals surface area contributed by atoms with E-state index in [2.05, 4.69) is 52.8 Å². The average molecular weight is 1150 g/mol. The Bertz CT molecular complexity index is 2470. The summed E-state index contributed by atoms with van der Waals surface area (Å²) in [4.78, 5) is 140. The predicted octanol–water partition coefficient (Wildman–Crippen LogP) is -2.99. The maximum atomic E-state index is 14.8. The van der Waals surface area contributed by atoms with Crippen molar-refractivity contribution in [1.29, 1.82) is 0 Å². The molecule has 0 aromatic heterocycles. The van der Waals surface area contributed by atoms with Gasteiger partial charge in [0, 0.05) is 13.0 Å². The largest absolute Gasteiger partial charge is 0.391 e. The van der Waals surface area contributed by atoms with Crippen LogP contribution in [0.5, 0.6) is 0 Å². The van der Waals surface area contributed by atoms with Crippen molar-refractivity contribution >= 4 is 75.8 Å². The van der Waals surface area contributed by atoms with Crippen LogP contribution in [0, 0.1) is 11.8 Å². The lowest BCUT2D eigenvalue weighted by molar-refractivity contribution is -0.137. The molecule has 0 saturated heterocycles. The molecular formula is C55H92N16O11. The summed E-state index contributed by atoms with van der Waals surface area (Å²) in [7, 11) is 0. The van der Waals surface area contributed by atoms with Gasteiger partial charge in [-0.3, -0.25) is 52.9 Å². The molecule has 10 atom stereocenters. The first-order valence-electron chi connectivity index (χ1n) is 28.0. The fourth-order valence-electron chi connectivity index (χ4n) is 8.57. The number of nitrogens with two attached hydrogens (primary N) is 6. The highest BCUT2D eigenvalue weighted by atomic mass is 16.3. The van der Waals surface area contributed by atoms with Crippen LogP contribution >= 0.6 is 0 Å². The van der Waals surface area contributed by atoms with Gasteiger partial charge >= 0.3 is 0 Å². The fourth-order valence-corrected chi connectivity index (χ4v) is 8.57. The molecule has 0 saturated carbocycles. The van der Waals surface area contributed by atoms with E-state index in [1.165, 1.54) is 20.8 Å². The van der Waals surface area contributed by atoms with E-state index in [4.69, 9.17) is 34.4 Å². The molecule has 0 heterocycles. The van der Waals surface area contributed by atoms with Gasteiger partial charge in [0.25, 0.3) is 0 Å². The third kappa shape index (κ3) is 26.0. The minimum atomic E-state index is -1.66. The second kappa shape index (κ2) is 36.8. The van der Waals surface area contributed by atoms with E-state index in [-0.39, 0.29) is 88.9 Å². The number of aliphatic hydroxyl groups excluding tert-OH is 1. The summed E-state index contributed by atoms with van der Waals surface area (Å²) in [5.74, 6) is -8.32. The number of carbonyl (C=O) groups is 10. The zero-order valence-corrected chi connectivity index (χ0v) is 48.5. The van der Waals surface area contributed by atoms with Crippen LogP contribution in [-0.4, -0.2) is 157 Å². The summed E-state index contributed by atoms with van der Waals surface area (Å²) >= 11 is 0. The highest BCUT2D eigenvalue weighted by Crippen LogP contribution is 2.18. The lowest BCUT2D eigenvalue weighted by atomic mass is 9.99. The van der Waals surface area contributed by atoms with Crippen molar-refractivity contribution in [3.05, 3.63) is 48.0 Å². The number of unbranched alkanes of at least 4 members (excludes halogenated alkanes) is 2. The second-order valence-electron chi connectivity index (χ2n) is 21.4. The topological polar surface area (TPSA) is 468 Å². The Balaban J connectivity index is 2.64. The molecule has 0 spiro atoms. The number of primary amides is 1. The van der Waals surface area contributed by atoms with Gasteiger partial charge < -0.3 is 87.4 Å². The summed E-state index contributed by atoms with van der Waals surface area (Å²) < 4.78 is 0. The number of aliphatic hydroxyl groups is 1. The number of amides is 10. The van der Waals surface area contributed by atoms with Gasteiger partial charge in [-0.2, -0.15) is 0 Å². The Kier molecular flexibility index (Phi) is 31.7. The van der Waals surface area contributed by atoms with Gasteiger partial charge in [0.1, 0.15) is 54.4 Å². The third-order valence-electron chi connectivity index (χ3n) is 13.1. The quantitative estimate of drug-likeness (QED) is 0.0181. The normalized spacial score (nSPS) is 14.9. The van der Waals surface area contributed by atoms with Gasteiger partial charge in [-0.15, -0.1) is 0 Å². The van der Waals surface area contributed by atoms with Crippen LogP contribution in [0.1, 0.15) is 118 Å². The molecule has 2 aromatic rings. The van der Waals surface area contributed by atoms with Crippen molar-refractivity contribution in [3.8, 4) is 0 Å². The molecule has 22 N–H and O–H groups in total. The molecule has 2 rings (SSSR count). The van der Waals surface area contributed by atoms with Crippen LogP contribution in [0.2, 0.25) is 0 Å². The minimum absolute atomic E-state index is 0.0186. The number of hydrogen-bond donors (Lipinski definition) is 16. The molecule has 0 fully saturated rings. The van der Waals surface area contributed by atoms with Gasteiger partial charge in [0.2, 0.25) is 59.1 Å². The number of carbonyl (C=O) groups excluding carboxylic acids is 10. The minimum Gasteiger partial charge on any atom is -0.391 e. The van der Waals surface area contributed by atoms with E-state index in [9.17, 15) is 53.1 Å². The number of hydrogen-bond acceptors (Lipinski definition) is 15. The first-order chi connectivity index (χ1) is 38.7. The molecule has 27 heteroatoms. The number of nitrogens with zero attached hydrogens (tertiary/aromatic N) is 1. The summed E-state index contributed by atoms with van der Waals surface area (Å²) in [6, 6.07) is 1.25. The number of guanidine groups is 1. The van der Waals surface area contributed by atoms with E-state index in [0.29, 0.717) is 31.2 Å². The van der Waals surface area contributed by atoms with Crippen LogP contribution in [0.4, 0.5) is 0 Å². The van der Waals surface area contributed by atoms with Gasteiger partial charge in [-0.1, -0.05) is 70.2 Å². The maximum absolute atomic E-state index is 14.8. The molecule has 0 bridgehead atoms. The molecule has 0 aliphatic rings. The molecule has 0 aliphatic heterocycles. The van der Waals surface area contributed by atoms with Crippen LogP contribution in [0.3, 0.4) is 0 Å². The zero-order chi connectivity index (χ0) is 61.6. The molecular weight excluding hydrogens is 1060 g/mol. The molecule has 2 aromatic carbocycles. The van der Waals surface area contributed by atoms with Crippen LogP contribution in [-0.2, 0) is 54.4 Å². The van der Waals surface area contributed by atoms with E-state index in [1.54, 1.807) is 19.9 Å². The Morgan fingerprint density at radius 2 is 0.915 bits per heavy atom. The maximum Gasteiger partial charge on any atom is 0.245 e. The number of fused-ring (bicyclic) bond motifs is 1. The predicted molar refractivity (Wildman–Crippen MR) is 311 cm³/mol. The highest BCUT2D eigenvalue weighted by Gasteiger charge is 2.36. The lowest BCUT2D eigenvalue weighted by Gasteiger charge is -2.29. The summed E-state index contributed by atoms with van der Waals surface area (Å²) in [5, 5.41) is 36.2. The monoisotopic (exact) mass is 1150 g/mol. The van der Waals surface area contributed by atoms with Crippen LogP contribution < -0.4 is 82.3 Å². The highest BCUT2D eigenvalue weighted by molar-refractivity contribution is 5.99. The Labute approximate surface area is 480 Å². The molecule has 0 aliphatic carbocycles. The summed E-state index contributed by atoms with van der Waals surface area (Å²) in [6.07, 6.45) is 0.233. The average Bonchev–Trinajstić information content (AvgIpc) is 3.45. The number of rotatable bonds is 38. The molecule has 82 heavy (non-hydrogen) atoms. The Morgan fingerprint density at radius 1 is 0.476 bits per heavy atom. The molecule has 458 valence electrons. The third-order valence-corrected chi connectivity index (χ3v) is 13.1. The van der Waals surface area contributed by atoms with E-state index >= 15 is 0 Å². The fraction of sp³-hybridized carbons (Fsp3) is 0.618. The first-order valence-corrected chi connectivity index (χ1v) is 28.0. The first kappa shape index (κ1) is 70.6. The summed E-state index contributed by atoms with van der Waals surface area (Å²) in [5.41, 5.74) is 34.1. The second-order valence-corrected chi connectivity index (χ2v) is 21.4. The van der Waals surface area contributed by atoms with Crippen molar-refractivity contribution in [2.45, 2.75) is 180 Å². The molecule has 0 unspecified atom stereocenters. The van der Waals surface area contributed by atoms with Gasteiger partial charge in [0.05, 0.1) is 12.6 Å². The van der Waals surface area contributed by atoms with Crippen molar-refractivity contribution in [2.75, 3.05) is 26.2 Å². The van der Waals surface area contributed by atoms with E-state index < -0.39 is 120 Å². The van der Waals surface area contributed by atoms with Gasteiger partial charge in [0.15, 0.2) is 5.96 Å². The Hall–Kier alpha value is -7.49. The standard InChI is InChI=1S/C55H92N16O11/c1-30(2)25-41(51(79)64-32(5)46(59)74)70-54(82)45(34(7)72)71-50(78)39(18-11-13-23-57)67-53(81)43(28-35-20-21-36-15-8-9-16-37(36)27-35)69-49(77)40(19-14-24-62-55(60)61)65-48(76)38(17-10-12-22-56)66-52(80)42(26-31(3)4)68-47(75)33(6)63-44(73)29-58/h8-9,15-16,20-21,27,30-34,38-43,45,72H,10-14,17-19,22-26,28-29,56-58H2,1-7H3,(H2,59,74)(H,63,73)(H,64,79)(H,65,76)(H,66,80)(H,67,81)(H,68,75)(H,69,77)(H,70,82)(H,71,78)(H4,60,61,62)/t32-,33-,34+,38-,39-,40-,41-,42-,43-,45-/m0/s1. The summed E-state index contributed by atoms with van der Waals surface area (Å²) in [6.45, 7) is 11.5. The van der Waals surface area contributed by atoms with Crippen molar-refractivity contribution in [1.82, 2.24) is 47.9 Å². The number of nitrogens with one attached hydrogen (secondary N) is 9. The van der Waals surface area contributed by atoms with E-state index in [1.807, 2.05) is 50.2 Å². The van der Waals surface area contributed by atoms with Gasteiger partial charge in [-0.05, 0) is 126 Å². The smallest absolute Gasteiger partial charge is 0.245 e. The zero-order valence-electron chi connectivity index (χ0n) is 48.5. The lowest BCUT2D eigenvalue weighted by Crippen LogP contribution is -2.62. The molecule has 27 nitrogen and oxygen atoms in total. The number of benzene rings is 2. The molecule has 0 radical (unpaired) electrons. The van der Waals surface area contributed by atoms with Crippen LogP contribution in [0.25, 0.3) is 10.8 Å². The van der Waals surface area contributed by atoms with Crippen LogP contribution in [0.15, 0.2) is 47.5 Å². The van der Waals surface area contributed by atoms with Gasteiger partial charge in [-0.25, -0.2) is 0 Å². The SMILES string of the molecule is CC(C)C[C@H](NC(=O)[C@H](C)NC(=O)CN)C(=O)N[C@@H](CCCCN)C(=O)N[C@@H](CCCN=C(N)N)C(=O)N[C@@H](Cc1ccc2ccccc2c1)C(=O)N[C@@H](CCCCN)C(=O)N[C@H](C(=O)N[C@@H](CC(C)C)C(=O)N[C@@H](C)C(N)=O)[C@@H](C)O. The van der Waals surface area contributed by atoms with Crippen molar-refractivity contribution in [2.24, 2.45) is 51.2 Å². The van der Waals surface area contributed by atoms with Crippen molar-refractivity contribution in [3.63, 3.8) is 0 Å². The Morgan fingerprint density at radius 3 is 1.39 bits per heavy atom. The van der Waals surface area contributed by atoms with Crippen molar-refractivity contribution < 1.29 is 53.1 Å². The van der Waals surface area contributed by atoms with E-state index in [0.717, 1.165) is 10.8 Å². The molecule has 10 amide bonds.